The summed E-state index contributed by atoms with van der Waals surface area (Å²) in [5.41, 5.74) is 8.30. The Hall–Kier alpha value is -2.42. The van der Waals surface area contributed by atoms with E-state index in [9.17, 15) is 4.79 Å². The molecular formula is C18H15ClN4O2S2. The first kappa shape index (κ1) is 18.0. The molecule has 0 aliphatic carbocycles. The summed E-state index contributed by atoms with van der Waals surface area (Å²) in [6, 6.07) is 9.77. The van der Waals surface area contributed by atoms with Crippen molar-refractivity contribution in [3.05, 3.63) is 69.2 Å². The summed E-state index contributed by atoms with van der Waals surface area (Å²) in [6.07, 6.45) is 5.34. The van der Waals surface area contributed by atoms with Gasteiger partial charge >= 0.3 is 0 Å². The highest BCUT2D eigenvalue weighted by atomic mass is 35.5. The van der Waals surface area contributed by atoms with E-state index in [4.69, 9.17) is 21.5 Å². The summed E-state index contributed by atoms with van der Waals surface area (Å²) < 4.78 is 5.22. The molecule has 0 atom stereocenters. The van der Waals surface area contributed by atoms with Gasteiger partial charge in [0, 0.05) is 26.6 Å². The van der Waals surface area contributed by atoms with Crippen LogP contribution in [0.2, 0.25) is 5.02 Å². The van der Waals surface area contributed by atoms with Gasteiger partial charge in [-0.1, -0.05) is 11.6 Å². The molecule has 2 aliphatic rings. The van der Waals surface area contributed by atoms with Crippen LogP contribution in [0.4, 0.5) is 10.7 Å². The van der Waals surface area contributed by atoms with Crippen LogP contribution in [-0.2, 0) is 15.5 Å². The van der Waals surface area contributed by atoms with Gasteiger partial charge in [0.2, 0.25) is 5.91 Å². The van der Waals surface area contributed by atoms with Gasteiger partial charge in [-0.2, -0.15) is 5.10 Å². The number of benzene rings is 1. The van der Waals surface area contributed by atoms with Crippen molar-refractivity contribution >= 4 is 57.8 Å². The molecule has 2 aliphatic heterocycles. The summed E-state index contributed by atoms with van der Waals surface area (Å²) in [5, 5.41) is 9.64. The number of hydrogen-bond acceptors (Lipinski definition) is 7. The zero-order chi connectivity index (χ0) is 18.8. The van der Waals surface area contributed by atoms with Crippen LogP contribution in [0.15, 0.2) is 58.9 Å². The normalized spacial score (nSPS) is 15.1. The van der Waals surface area contributed by atoms with E-state index in [1.807, 2.05) is 35.7 Å². The first-order valence-corrected chi connectivity index (χ1v) is 10.0. The van der Waals surface area contributed by atoms with Gasteiger partial charge in [0.15, 0.2) is 0 Å². The standard InChI is InChI=1S/C18H15ClN4O2S2/c19-13-1-3-14(4-2-13)23(15-5-6-25-26-11-15)18-7-12-8-21-22(10-17(20)24)9-16(12)27-18/h1-8,11H,9-10H2,(H2,20,24). The molecule has 2 N–H and O–H groups in total. The summed E-state index contributed by atoms with van der Waals surface area (Å²) in [4.78, 5) is 14.4. The zero-order valence-electron chi connectivity index (χ0n) is 14.0. The second kappa shape index (κ2) is 7.67. The highest BCUT2D eigenvalue weighted by Crippen LogP contribution is 2.40. The monoisotopic (exact) mass is 418 g/mol. The second-order valence-electron chi connectivity index (χ2n) is 5.85. The number of hydrogen-bond donors (Lipinski definition) is 1. The van der Waals surface area contributed by atoms with E-state index in [1.165, 1.54) is 12.0 Å². The van der Waals surface area contributed by atoms with Crippen molar-refractivity contribution in [2.45, 2.75) is 6.54 Å². The largest absolute Gasteiger partial charge is 0.429 e. The number of hydrazone groups is 1. The highest BCUT2D eigenvalue weighted by molar-refractivity contribution is 7.97. The average Bonchev–Trinajstić information content (AvgIpc) is 3.06. The number of nitrogens with two attached hydrogens (primary N) is 1. The van der Waals surface area contributed by atoms with Gasteiger partial charge in [-0.15, -0.1) is 11.3 Å². The number of fused-ring (bicyclic) bond motifs is 1. The number of halogens is 1. The quantitative estimate of drug-likeness (QED) is 0.736. The molecular weight excluding hydrogens is 404 g/mol. The van der Waals surface area contributed by atoms with Gasteiger partial charge < -0.3 is 14.8 Å². The molecule has 4 rings (SSSR count). The van der Waals surface area contributed by atoms with Crippen LogP contribution in [0.3, 0.4) is 0 Å². The summed E-state index contributed by atoms with van der Waals surface area (Å²) in [6.45, 7) is 0.659. The number of allylic oxidation sites excluding steroid dienone is 1. The predicted octanol–water partition coefficient (Wildman–Crippen LogP) is 4.21. The minimum Gasteiger partial charge on any atom is -0.429 e. The number of thiophene rings is 1. The lowest BCUT2D eigenvalue weighted by Crippen LogP contribution is -2.31. The number of nitrogens with zero attached hydrogens (tertiary/aromatic N) is 3. The summed E-state index contributed by atoms with van der Waals surface area (Å²) >= 11 is 8.98. The smallest absolute Gasteiger partial charge is 0.238 e. The van der Waals surface area contributed by atoms with Crippen molar-refractivity contribution in [3.63, 3.8) is 0 Å². The number of anilines is 2. The summed E-state index contributed by atoms with van der Waals surface area (Å²) in [5.74, 6) is -0.398. The fourth-order valence-corrected chi connectivity index (χ4v) is 4.53. The van der Waals surface area contributed by atoms with Crippen LogP contribution in [0.5, 0.6) is 0 Å². The fraction of sp³-hybridized carbons (Fsp3) is 0.111. The van der Waals surface area contributed by atoms with Crippen molar-refractivity contribution in [1.82, 2.24) is 5.01 Å². The van der Waals surface area contributed by atoms with Crippen LogP contribution in [0, 0.1) is 0 Å². The lowest BCUT2D eigenvalue weighted by molar-refractivity contribution is -0.119. The Morgan fingerprint density at radius 1 is 1.37 bits per heavy atom. The Kier molecular flexibility index (Phi) is 5.11. The van der Waals surface area contributed by atoms with Crippen LogP contribution < -0.4 is 10.6 Å². The summed E-state index contributed by atoms with van der Waals surface area (Å²) in [7, 11) is 0. The third kappa shape index (κ3) is 3.97. The molecule has 138 valence electrons. The lowest BCUT2D eigenvalue weighted by Gasteiger charge is -2.25. The Morgan fingerprint density at radius 2 is 2.19 bits per heavy atom. The van der Waals surface area contributed by atoms with Crippen LogP contribution >= 0.6 is 35.0 Å². The first-order chi connectivity index (χ1) is 13.1. The maximum Gasteiger partial charge on any atom is 0.238 e. The van der Waals surface area contributed by atoms with E-state index < -0.39 is 5.91 Å². The molecule has 1 aromatic heterocycles. The van der Waals surface area contributed by atoms with E-state index in [0.29, 0.717) is 11.6 Å². The van der Waals surface area contributed by atoms with Crippen molar-refractivity contribution in [2.75, 3.05) is 11.4 Å². The average molecular weight is 419 g/mol. The number of rotatable bonds is 5. The minimum absolute atomic E-state index is 0.103. The fourth-order valence-electron chi connectivity index (χ4n) is 2.77. The van der Waals surface area contributed by atoms with Gasteiger partial charge in [-0.3, -0.25) is 9.80 Å². The van der Waals surface area contributed by atoms with E-state index in [2.05, 4.69) is 16.1 Å². The van der Waals surface area contributed by atoms with Crippen LogP contribution in [0.1, 0.15) is 10.4 Å². The highest BCUT2D eigenvalue weighted by Gasteiger charge is 2.22. The van der Waals surface area contributed by atoms with Gasteiger partial charge in [0.1, 0.15) is 17.8 Å². The Morgan fingerprint density at radius 3 is 2.89 bits per heavy atom. The topological polar surface area (TPSA) is 71.2 Å². The molecule has 0 spiro atoms. The molecule has 27 heavy (non-hydrogen) atoms. The molecule has 0 fully saturated rings. The van der Waals surface area contributed by atoms with Crippen molar-refractivity contribution in [2.24, 2.45) is 10.8 Å². The van der Waals surface area contributed by atoms with Gasteiger partial charge in [-0.25, -0.2) is 0 Å². The van der Waals surface area contributed by atoms with E-state index >= 15 is 0 Å². The van der Waals surface area contributed by atoms with Crippen molar-refractivity contribution < 1.29 is 8.98 Å². The molecule has 0 saturated carbocycles. The molecule has 9 heteroatoms. The van der Waals surface area contributed by atoms with E-state index in [-0.39, 0.29) is 6.54 Å². The molecule has 1 aromatic carbocycles. The molecule has 0 unspecified atom stereocenters. The maximum atomic E-state index is 11.2. The Labute approximate surface area is 169 Å². The SMILES string of the molecule is NC(=O)CN1Cc2sc(N(C3=CSOC=C3)c3ccc(Cl)cc3)cc2C=N1. The first-order valence-electron chi connectivity index (χ1n) is 8.04. The lowest BCUT2D eigenvalue weighted by atomic mass is 10.2. The Balaban J connectivity index is 1.70. The van der Waals surface area contributed by atoms with Crippen molar-refractivity contribution in [1.29, 1.82) is 0 Å². The van der Waals surface area contributed by atoms with Gasteiger partial charge in [0.05, 0.1) is 30.5 Å². The third-order valence-electron chi connectivity index (χ3n) is 3.94. The number of carbonyl (C=O) groups is 1. The van der Waals surface area contributed by atoms with Crippen molar-refractivity contribution in [3.8, 4) is 0 Å². The van der Waals surface area contributed by atoms with E-state index in [0.717, 1.165) is 26.8 Å². The Bertz CT molecular complexity index is 953. The van der Waals surface area contributed by atoms with Gasteiger partial charge in [0.25, 0.3) is 0 Å². The molecule has 2 aromatic rings. The molecule has 0 saturated heterocycles. The number of carbonyl (C=O) groups excluding carboxylic acids is 1. The van der Waals surface area contributed by atoms with Gasteiger partial charge in [-0.05, 0) is 36.4 Å². The molecule has 6 nitrogen and oxygen atoms in total. The molecule has 0 radical (unpaired) electrons. The van der Waals surface area contributed by atoms with E-state index in [1.54, 1.807) is 28.8 Å². The molecule has 3 heterocycles. The maximum absolute atomic E-state index is 11.2. The molecule has 0 bridgehead atoms. The predicted molar refractivity (Wildman–Crippen MR) is 111 cm³/mol. The van der Waals surface area contributed by atoms with Crippen LogP contribution in [0.25, 0.3) is 0 Å². The van der Waals surface area contributed by atoms with Crippen LogP contribution in [-0.4, -0.2) is 23.7 Å². The second-order valence-corrected chi connectivity index (χ2v) is 8.02. The number of amides is 1. The molecule has 1 amide bonds. The minimum atomic E-state index is -0.398. The number of primary amides is 1. The zero-order valence-corrected chi connectivity index (χ0v) is 16.4. The third-order valence-corrected chi connectivity index (χ3v) is 5.87.